The summed E-state index contributed by atoms with van der Waals surface area (Å²) in [4.78, 5) is 15.7. The minimum absolute atomic E-state index is 0.0512. The second-order valence-electron chi connectivity index (χ2n) is 6.70. The lowest BCUT2D eigenvalue weighted by Gasteiger charge is -2.18. The molecule has 1 heterocycles. The zero-order valence-corrected chi connectivity index (χ0v) is 16.0. The van der Waals surface area contributed by atoms with E-state index in [1.807, 2.05) is 24.4 Å². The van der Waals surface area contributed by atoms with Crippen molar-refractivity contribution in [3.05, 3.63) is 70.9 Å². The fourth-order valence-corrected chi connectivity index (χ4v) is 3.54. The lowest BCUT2D eigenvalue weighted by molar-refractivity contribution is -0.121. The van der Waals surface area contributed by atoms with Gasteiger partial charge in [0, 0.05) is 49.2 Å². The van der Waals surface area contributed by atoms with E-state index in [9.17, 15) is 13.6 Å². The van der Waals surface area contributed by atoms with Crippen LogP contribution in [0.25, 0.3) is 10.9 Å². The number of hydrogen-bond acceptors (Lipinski definition) is 2. The molecule has 1 amide bonds. The Balaban J connectivity index is 2.02. The molecule has 0 saturated carbocycles. The number of aryl methyl sites for hydroxylation is 1. The fraction of sp³-hybridized carbons (Fsp3) is 0.318. The molecule has 3 rings (SSSR count). The number of aromatic nitrogens is 1. The Labute approximate surface area is 162 Å². The maximum Gasteiger partial charge on any atom is 0.221 e. The highest BCUT2D eigenvalue weighted by Crippen LogP contribution is 2.35. The maximum atomic E-state index is 14.6. The summed E-state index contributed by atoms with van der Waals surface area (Å²) in [6.45, 7) is 2.84. The van der Waals surface area contributed by atoms with E-state index in [0.717, 1.165) is 34.5 Å². The van der Waals surface area contributed by atoms with Gasteiger partial charge in [0.25, 0.3) is 0 Å². The van der Waals surface area contributed by atoms with Crippen molar-refractivity contribution in [2.24, 2.45) is 0 Å². The Morgan fingerprint density at radius 2 is 2.04 bits per heavy atom. The SMILES string of the molecule is CCc1cccc2c(C(CC(=O)NCCOC)c3ccc(F)cc3F)c[nH]c12. The van der Waals surface area contributed by atoms with Crippen molar-refractivity contribution in [3.8, 4) is 0 Å². The van der Waals surface area contributed by atoms with Crippen molar-refractivity contribution in [1.82, 2.24) is 10.3 Å². The van der Waals surface area contributed by atoms with Crippen LogP contribution in [0.15, 0.2) is 42.6 Å². The number of benzene rings is 2. The number of carbonyl (C=O) groups excluding carboxylic acids is 1. The topological polar surface area (TPSA) is 54.1 Å². The van der Waals surface area contributed by atoms with Gasteiger partial charge >= 0.3 is 0 Å². The van der Waals surface area contributed by atoms with Gasteiger partial charge in [-0.05, 0) is 29.2 Å². The molecule has 0 spiro atoms. The number of H-pyrrole nitrogens is 1. The summed E-state index contributed by atoms with van der Waals surface area (Å²) in [5, 5.41) is 3.72. The first-order chi connectivity index (χ1) is 13.5. The molecule has 0 bridgehead atoms. The molecule has 148 valence electrons. The number of nitrogens with one attached hydrogen (secondary N) is 2. The molecule has 28 heavy (non-hydrogen) atoms. The summed E-state index contributed by atoms with van der Waals surface area (Å²) in [5.74, 6) is -2.05. The Bertz CT molecular complexity index is 968. The second kappa shape index (κ2) is 8.97. The highest BCUT2D eigenvalue weighted by molar-refractivity contribution is 5.88. The number of ether oxygens (including phenoxy) is 1. The number of fused-ring (bicyclic) bond motifs is 1. The summed E-state index contributed by atoms with van der Waals surface area (Å²) in [6.07, 6.45) is 2.72. The van der Waals surface area contributed by atoms with Crippen LogP contribution in [0.5, 0.6) is 0 Å². The molecule has 2 aromatic carbocycles. The Morgan fingerprint density at radius 3 is 2.75 bits per heavy atom. The third kappa shape index (κ3) is 4.22. The van der Waals surface area contributed by atoms with E-state index in [4.69, 9.17) is 4.74 Å². The molecule has 0 aliphatic rings. The maximum absolute atomic E-state index is 14.6. The minimum atomic E-state index is -0.657. The molecule has 2 N–H and O–H groups in total. The molecule has 4 nitrogen and oxygen atoms in total. The first-order valence-electron chi connectivity index (χ1n) is 9.34. The molecular weight excluding hydrogens is 362 g/mol. The van der Waals surface area contributed by atoms with E-state index in [1.165, 1.54) is 12.1 Å². The van der Waals surface area contributed by atoms with Crippen LogP contribution < -0.4 is 5.32 Å². The van der Waals surface area contributed by atoms with Gasteiger partial charge in [-0.3, -0.25) is 4.79 Å². The zero-order valence-electron chi connectivity index (χ0n) is 16.0. The van der Waals surface area contributed by atoms with Crippen LogP contribution in [0.1, 0.15) is 36.0 Å². The van der Waals surface area contributed by atoms with Crippen LogP contribution in [0.2, 0.25) is 0 Å². The van der Waals surface area contributed by atoms with Crippen LogP contribution in [0, 0.1) is 11.6 Å². The molecule has 0 saturated heterocycles. The van der Waals surface area contributed by atoms with Gasteiger partial charge in [-0.1, -0.05) is 31.2 Å². The first-order valence-corrected chi connectivity index (χ1v) is 9.34. The quantitative estimate of drug-likeness (QED) is 0.568. The van der Waals surface area contributed by atoms with E-state index in [1.54, 1.807) is 7.11 Å². The van der Waals surface area contributed by atoms with Gasteiger partial charge in [0.2, 0.25) is 5.91 Å². The van der Waals surface area contributed by atoms with Crippen LogP contribution in [0.3, 0.4) is 0 Å². The molecule has 0 aliphatic carbocycles. The van der Waals surface area contributed by atoms with Crippen molar-refractivity contribution < 1.29 is 18.3 Å². The van der Waals surface area contributed by atoms with Crippen molar-refractivity contribution in [3.63, 3.8) is 0 Å². The number of halogens is 2. The zero-order chi connectivity index (χ0) is 20.1. The standard InChI is InChI=1S/C22H24F2N2O2/c1-3-14-5-4-6-17-19(13-26-22(14)17)18(12-21(27)25-9-10-28-2)16-8-7-15(23)11-20(16)24/h4-8,11,13,18,26H,3,9-10,12H2,1-2H3,(H,25,27). The van der Waals surface area contributed by atoms with Gasteiger partial charge in [-0.15, -0.1) is 0 Å². The molecule has 0 aliphatic heterocycles. The molecule has 6 heteroatoms. The highest BCUT2D eigenvalue weighted by atomic mass is 19.1. The first kappa shape index (κ1) is 20.0. The highest BCUT2D eigenvalue weighted by Gasteiger charge is 2.24. The summed E-state index contributed by atoms with van der Waals surface area (Å²) >= 11 is 0. The molecular formula is C22H24F2N2O2. The second-order valence-corrected chi connectivity index (χ2v) is 6.70. The van der Waals surface area contributed by atoms with Gasteiger partial charge in [0.05, 0.1) is 6.61 Å². The number of hydrogen-bond donors (Lipinski definition) is 2. The number of rotatable bonds is 8. The molecule has 1 aromatic heterocycles. The fourth-order valence-electron chi connectivity index (χ4n) is 3.54. The smallest absolute Gasteiger partial charge is 0.221 e. The van der Waals surface area contributed by atoms with Gasteiger partial charge in [0.15, 0.2) is 0 Å². The van der Waals surface area contributed by atoms with Gasteiger partial charge < -0.3 is 15.0 Å². The summed E-state index contributed by atoms with van der Waals surface area (Å²) in [6, 6.07) is 9.44. The number of para-hydroxylation sites is 1. The largest absolute Gasteiger partial charge is 0.383 e. The van der Waals surface area contributed by atoms with Crippen molar-refractivity contribution in [2.45, 2.75) is 25.7 Å². The third-order valence-electron chi connectivity index (χ3n) is 4.95. The van der Waals surface area contributed by atoms with E-state index in [2.05, 4.69) is 17.2 Å². The summed E-state index contributed by atoms with van der Waals surface area (Å²) in [5.41, 5.74) is 3.24. The van der Waals surface area contributed by atoms with Gasteiger partial charge in [0.1, 0.15) is 11.6 Å². The van der Waals surface area contributed by atoms with Crippen molar-refractivity contribution >= 4 is 16.8 Å². The van der Waals surface area contributed by atoms with Crippen LogP contribution in [0.4, 0.5) is 8.78 Å². The molecule has 0 radical (unpaired) electrons. The molecule has 3 aromatic rings. The average molecular weight is 386 g/mol. The monoisotopic (exact) mass is 386 g/mol. The Morgan fingerprint density at radius 1 is 1.21 bits per heavy atom. The van der Waals surface area contributed by atoms with E-state index >= 15 is 0 Å². The Kier molecular flexibility index (Phi) is 6.41. The van der Waals surface area contributed by atoms with E-state index in [0.29, 0.717) is 18.7 Å². The van der Waals surface area contributed by atoms with Crippen molar-refractivity contribution in [2.75, 3.05) is 20.3 Å². The Hall–Kier alpha value is -2.73. The third-order valence-corrected chi connectivity index (χ3v) is 4.95. The van der Waals surface area contributed by atoms with Crippen molar-refractivity contribution in [1.29, 1.82) is 0 Å². The predicted octanol–water partition coefficient (Wildman–Crippen LogP) is 4.29. The van der Waals surface area contributed by atoms with E-state index in [-0.39, 0.29) is 12.3 Å². The summed E-state index contributed by atoms with van der Waals surface area (Å²) < 4.78 is 33.0. The summed E-state index contributed by atoms with van der Waals surface area (Å²) in [7, 11) is 1.56. The number of methoxy groups -OCH3 is 1. The number of amides is 1. The van der Waals surface area contributed by atoms with E-state index < -0.39 is 17.6 Å². The predicted molar refractivity (Wildman–Crippen MR) is 105 cm³/mol. The lowest BCUT2D eigenvalue weighted by atomic mass is 9.87. The lowest BCUT2D eigenvalue weighted by Crippen LogP contribution is -2.28. The molecule has 1 unspecified atom stereocenters. The molecule has 1 atom stereocenters. The number of carbonyl (C=O) groups is 1. The average Bonchev–Trinajstić information content (AvgIpc) is 3.11. The number of aromatic amines is 1. The van der Waals surface area contributed by atoms with Crippen LogP contribution in [-0.4, -0.2) is 31.2 Å². The van der Waals surface area contributed by atoms with Gasteiger partial charge in [-0.2, -0.15) is 0 Å². The van der Waals surface area contributed by atoms with Crippen LogP contribution in [-0.2, 0) is 16.0 Å². The van der Waals surface area contributed by atoms with Gasteiger partial charge in [-0.25, -0.2) is 8.78 Å². The normalized spacial score (nSPS) is 12.3. The minimum Gasteiger partial charge on any atom is -0.383 e. The molecule has 0 fully saturated rings. The van der Waals surface area contributed by atoms with Crippen LogP contribution >= 0.6 is 0 Å².